The first-order valence-corrected chi connectivity index (χ1v) is 12.4. The maximum absolute atomic E-state index is 13.4. The van der Waals surface area contributed by atoms with Crippen LogP contribution in [-0.2, 0) is 26.6 Å². The van der Waals surface area contributed by atoms with Crippen molar-refractivity contribution in [3.63, 3.8) is 0 Å². The van der Waals surface area contributed by atoms with E-state index in [4.69, 9.17) is 4.42 Å². The molecule has 1 aliphatic rings. The van der Waals surface area contributed by atoms with Gasteiger partial charge < -0.3 is 9.73 Å². The minimum Gasteiger partial charge on any atom is -0.444 e. The lowest BCUT2D eigenvalue weighted by Crippen LogP contribution is -2.45. The van der Waals surface area contributed by atoms with E-state index in [0.29, 0.717) is 11.6 Å². The Hall–Kier alpha value is -2.93. The lowest BCUT2D eigenvalue weighted by atomic mass is 9.68. The SMILES string of the molecule is CS(=O)(=O)c1ccc(C2(C(=O)NCc3coc(-c4ccccc4)n3)CCCCC2)cc1. The number of hydrogen-bond donors (Lipinski definition) is 1. The maximum Gasteiger partial charge on any atom is 0.230 e. The molecule has 0 unspecified atom stereocenters. The first kappa shape index (κ1) is 21.3. The third-order valence-electron chi connectivity index (χ3n) is 5.98. The number of carbonyl (C=O) groups is 1. The van der Waals surface area contributed by atoms with Gasteiger partial charge in [-0.2, -0.15) is 0 Å². The fraction of sp³-hybridized carbons (Fsp3) is 0.333. The van der Waals surface area contributed by atoms with Crippen molar-refractivity contribution in [1.82, 2.24) is 10.3 Å². The predicted molar refractivity (Wildman–Crippen MR) is 118 cm³/mol. The molecule has 1 aliphatic carbocycles. The van der Waals surface area contributed by atoms with Crippen molar-refractivity contribution in [2.75, 3.05) is 6.26 Å². The summed E-state index contributed by atoms with van der Waals surface area (Å²) in [6, 6.07) is 16.4. The summed E-state index contributed by atoms with van der Waals surface area (Å²) < 4.78 is 29.2. The molecule has 0 radical (unpaired) electrons. The van der Waals surface area contributed by atoms with E-state index in [-0.39, 0.29) is 17.3 Å². The van der Waals surface area contributed by atoms with Crippen LogP contribution in [0.1, 0.15) is 43.4 Å². The Morgan fingerprint density at radius 2 is 1.71 bits per heavy atom. The van der Waals surface area contributed by atoms with Gasteiger partial charge in [-0.25, -0.2) is 13.4 Å². The zero-order valence-electron chi connectivity index (χ0n) is 17.5. The zero-order valence-corrected chi connectivity index (χ0v) is 18.3. The Morgan fingerprint density at radius 3 is 2.35 bits per heavy atom. The molecule has 0 bridgehead atoms. The lowest BCUT2D eigenvalue weighted by molar-refractivity contribution is -0.128. The zero-order chi connectivity index (χ0) is 21.9. The molecule has 31 heavy (non-hydrogen) atoms. The van der Waals surface area contributed by atoms with E-state index in [0.717, 1.165) is 43.2 Å². The Bertz CT molecular complexity index is 1150. The topological polar surface area (TPSA) is 89.3 Å². The van der Waals surface area contributed by atoms with E-state index < -0.39 is 15.3 Å². The van der Waals surface area contributed by atoms with Gasteiger partial charge >= 0.3 is 0 Å². The fourth-order valence-corrected chi connectivity index (χ4v) is 4.90. The molecule has 1 fully saturated rings. The molecule has 1 heterocycles. The van der Waals surface area contributed by atoms with E-state index in [2.05, 4.69) is 10.3 Å². The summed E-state index contributed by atoms with van der Waals surface area (Å²) in [6.45, 7) is 0.276. The van der Waals surface area contributed by atoms with Crippen LogP contribution in [0.5, 0.6) is 0 Å². The monoisotopic (exact) mass is 438 g/mol. The molecule has 0 saturated heterocycles. The highest BCUT2D eigenvalue weighted by Crippen LogP contribution is 2.40. The van der Waals surface area contributed by atoms with Crippen molar-refractivity contribution in [3.8, 4) is 11.5 Å². The molecular formula is C24H26N2O4S. The highest BCUT2D eigenvalue weighted by molar-refractivity contribution is 7.90. The van der Waals surface area contributed by atoms with Gasteiger partial charge in [0.2, 0.25) is 11.8 Å². The van der Waals surface area contributed by atoms with E-state index in [1.54, 1.807) is 30.5 Å². The minimum absolute atomic E-state index is 0.0523. The second-order valence-electron chi connectivity index (χ2n) is 8.13. The van der Waals surface area contributed by atoms with Gasteiger partial charge in [-0.15, -0.1) is 0 Å². The van der Waals surface area contributed by atoms with E-state index in [1.165, 1.54) is 6.26 Å². The molecule has 1 aromatic heterocycles. The van der Waals surface area contributed by atoms with Crippen molar-refractivity contribution in [1.29, 1.82) is 0 Å². The predicted octanol–water partition coefficient (Wildman–Crippen LogP) is 4.26. The third-order valence-corrected chi connectivity index (χ3v) is 7.11. The summed E-state index contributed by atoms with van der Waals surface area (Å²) in [4.78, 5) is 18.1. The highest BCUT2D eigenvalue weighted by atomic mass is 32.2. The first-order chi connectivity index (χ1) is 14.9. The Labute approximate surface area is 182 Å². The molecular weight excluding hydrogens is 412 g/mol. The second kappa shape index (κ2) is 8.67. The number of sulfone groups is 1. The Balaban J connectivity index is 1.52. The molecule has 2 aromatic carbocycles. The summed E-state index contributed by atoms with van der Waals surface area (Å²) in [5.41, 5.74) is 1.75. The van der Waals surface area contributed by atoms with Crippen LogP contribution in [0.15, 0.2) is 70.2 Å². The Kier molecular flexibility index (Phi) is 5.96. The highest BCUT2D eigenvalue weighted by Gasteiger charge is 2.41. The summed E-state index contributed by atoms with van der Waals surface area (Å²) in [5.74, 6) is 0.470. The van der Waals surface area contributed by atoms with Crippen LogP contribution >= 0.6 is 0 Å². The van der Waals surface area contributed by atoms with Gasteiger partial charge in [-0.1, -0.05) is 49.6 Å². The third kappa shape index (κ3) is 4.56. The summed E-state index contributed by atoms with van der Waals surface area (Å²) in [5, 5.41) is 3.04. The molecule has 0 atom stereocenters. The number of hydrogen-bond acceptors (Lipinski definition) is 5. The minimum atomic E-state index is -3.28. The lowest BCUT2D eigenvalue weighted by Gasteiger charge is -2.36. The van der Waals surface area contributed by atoms with Crippen molar-refractivity contribution in [2.45, 2.75) is 49.0 Å². The molecule has 1 saturated carbocycles. The number of benzene rings is 2. The van der Waals surface area contributed by atoms with Crippen LogP contribution in [0.25, 0.3) is 11.5 Å². The first-order valence-electron chi connectivity index (χ1n) is 10.5. The van der Waals surface area contributed by atoms with Crippen LogP contribution in [0.2, 0.25) is 0 Å². The number of carbonyl (C=O) groups excluding carboxylic acids is 1. The fourth-order valence-electron chi connectivity index (χ4n) is 4.26. The normalized spacial score (nSPS) is 16.0. The van der Waals surface area contributed by atoms with Crippen LogP contribution in [-0.4, -0.2) is 25.6 Å². The molecule has 162 valence electrons. The van der Waals surface area contributed by atoms with Gasteiger partial charge in [-0.05, 0) is 42.7 Å². The number of nitrogens with zero attached hydrogens (tertiary/aromatic N) is 1. The number of amides is 1. The van der Waals surface area contributed by atoms with Crippen LogP contribution in [0.4, 0.5) is 0 Å². The van der Waals surface area contributed by atoms with Gasteiger partial charge in [0.1, 0.15) is 6.26 Å². The standard InChI is InChI=1S/C24H26N2O4S/c1-31(28,29)21-12-10-19(11-13-21)24(14-6-3-7-15-24)23(27)25-16-20-17-30-22(26-20)18-8-4-2-5-9-18/h2,4-5,8-13,17H,3,6-7,14-16H2,1H3,(H,25,27). The van der Waals surface area contributed by atoms with Gasteiger partial charge in [0.15, 0.2) is 9.84 Å². The van der Waals surface area contributed by atoms with E-state index in [9.17, 15) is 13.2 Å². The smallest absolute Gasteiger partial charge is 0.230 e. The average Bonchev–Trinajstić information content (AvgIpc) is 3.27. The van der Waals surface area contributed by atoms with Crippen LogP contribution < -0.4 is 5.32 Å². The van der Waals surface area contributed by atoms with Crippen LogP contribution in [0, 0.1) is 0 Å². The van der Waals surface area contributed by atoms with E-state index in [1.807, 2.05) is 30.3 Å². The number of aromatic nitrogens is 1. The van der Waals surface area contributed by atoms with Crippen molar-refractivity contribution in [3.05, 3.63) is 72.1 Å². The number of rotatable bonds is 6. The van der Waals surface area contributed by atoms with Crippen molar-refractivity contribution >= 4 is 15.7 Å². The molecule has 0 aliphatic heterocycles. The summed E-state index contributed by atoms with van der Waals surface area (Å²) in [7, 11) is -3.28. The van der Waals surface area contributed by atoms with Gasteiger partial charge in [0.05, 0.1) is 22.5 Å². The summed E-state index contributed by atoms with van der Waals surface area (Å²) >= 11 is 0. The summed E-state index contributed by atoms with van der Waals surface area (Å²) in [6.07, 6.45) is 7.26. The van der Waals surface area contributed by atoms with Gasteiger partial charge in [-0.3, -0.25) is 4.79 Å². The number of oxazole rings is 1. The van der Waals surface area contributed by atoms with Crippen molar-refractivity contribution in [2.24, 2.45) is 0 Å². The van der Waals surface area contributed by atoms with Crippen molar-refractivity contribution < 1.29 is 17.6 Å². The molecule has 6 nitrogen and oxygen atoms in total. The van der Waals surface area contributed by atoms with Gasteiger partial charge in [0, 0.05) is 11.8 Å². The molecule has 7 heteroatoms. The molecule has 4 rings (SSSR count). The molecule has 0 spiro atoms. The maximum atomic E-state index is 13.4. The molecule has 1 N–H and O–H groups in total. The number of nitrogens with one attached hydrogen (secondary N) is 1. The largest absolute Gasteiger partial charge is 0.444 e. The van der Waals surface area contributed by atoms with E-state index >= 15 is 0 Å². The molecule has 1 amide bonds. The van der Waals surface area contributed by atoms with Gasteiger partial charge in [0.25, 0.3) is 0 Å². The average molecular weight is 439 g/mol. The Morgan fingerprint density at radius 1 is 1.03 bits per heavy atom. The quantitative estimate of drug-likeness (QED) is 0.621. The van der Waals surface area contributed by atoms with Crippen LogP contribution in [0.3, 0.4) is 0 Å². The second-order valence-corrected chi connectivity index (χ2v) is 10.1. The molecule has 3 aromatic rings.